The predicted molar refractivity (Wildman–Crippen MR) is 90.7 cm³/mol. The van der Waals surface area contributed by atoms with Crippen LogP contribution in [-0.2, 0) is 25.4 Å². The van der Waals surface area contributed by atoms with Crippen molar-refractivity contribution in [2.45, 2.75) is 32.9 Å². The summed E-state index contributed by atoms with van der Waals surface area (Å²) in [6.45, 7) is 6.06. The number of hydrogen-bond acceptors (Lipinski definition) is 5. The Hall–Kier alpha value is -2.42. The average molecular weight is 336 g/mol. The molecule has 0 saturated heterocycles. The summed E-state index contributed by atoms with van der Waals surface area (Å²) >= 11 is 0. The van der Waals surface area contributed by atoms with Crippen LogP contribution >= 0.6 is 0 Å². The Morgan fingerprint density at radius 2 is 1.96 bits per heavy atom. The zero-order valence-corrected chi connectivity index (χ0v) is 14.7. The summed E-state index contributed by atoms with van der Waals surface area (Å²) in [5.41, 5.74) is 4.76. The van der Waals surface area contributed by atoms with E-state index in [1.165, 1.54) is 29.6 Å². The van der Waals surface area contributed by atoms with Crippen molar-refractivity contribution in [1.82, 2.24) is 24.0 Å². The van der Waals surface area contributed by atoms with Gasteiger partial charge in [0.2, 0.25) is 5.91 Å². The molecular weight excluding hydrogens is 312 g/mol. The molecule has 0 aliphatic carbocycles. The minimum atomic E-state index is -0.536. The van der Waals surface area contributed by atoms with Crippen molar-refractivity contribution < 1.29 is 4.79 Å². The van der Waals surface area contributed by atoms with Gasteiger partial charge in [-0.05, 0) is 12.8 Å². The fourth-order valence-electron chi connectivity index (χ4n) is 2.46. The van der Waals surface area contributed by atoms with E-state index in [2.05, 4.69) is 10.3 Å². The number of nitrogens with zero attached hydrogens (tertiary/aromatic N) is 4. The van der Waals surface area contributed by atoms with Crippen LogP contribution in [0.2, 0.25) is 0 Å². The lowest BCUT2D eigenvalue weighted by Crippen LogP contribution is -2.55. The second-order valence-electron chi connectivity index (χ2n) is 6.57. The lowest BCUT2D eigenvalue weighted by atomic mass is 9.88. The smallest absolute Gasteiger partial charge is 0.332 e. The van der Waals surface area contributed by atoms with Gasteiger partial charge in [0.15, 0.2) is 11.2 Å². The molecule has 0 spiro atoms. The minimum Gasteiger partial charge on any atom is -0.348 e. The number of rotatable bonds is 5. The third-order valence-electron chi connectivity index (χ3n) is 4.65. The molecule has 24 heavy (non-hydrogen) atoms. The molecule has 0 aromatic carbocycles. The van der Waals surface area contributed by atoms with Gasteiger partial charge in [-0.25, -0.2) is 9.78 Å². The number of aromatic nitrogens is 4. The number of fused-ring (bicyclic) bond motifs is 1. The van der Waals surface area contributed by atoms with E-state index in [0.717, 1.165) is 4.57 Å². The van der Waals surface area contributed by atoms with E-state index in [1.54, 1.807) is 0 Å². The van der Waals surface area contributed by atoms with E-state index < -0.39 is 16.8 Å². The third kappa shape index (κ3) is 2.86. The van der Waals surface area contributed by atoms with E-state index in [-0.39, 0.29) is 29.5 Å². The molecule has 2 rings (SSSR count). The summed E-state index contributed by atoms with van der Waals surface area (Å²) in [5, 5.41) is 2.92. The largest absolute Gasteiger partial charge is 0.348 e. The fourth-order valence-corrected chi connectivity index (χ4v) is 2.46. The summed E-state index contributed by atoms with van der Waals surface area (Å²) in [6.07, 6.45) is 1.39. The maximum absolute atomic E-state index is 12.4. The van der Waals surface area contributed by atoms with Crippen molar-refractivity contribution in [2.24, 2.45) is 25.7 Å². The molecule has 9 heteroatoms. The summed E-state index contributed by atoms with van der Waals surface area (Å²) < 4.78 is 3.73. The van der Waals surface area contributed by atoms with Crippen molar-refractivity contribution >= 4 is 17.1 Å². The zero-order chi connectivity index (χ0) is 18.2. The van der Waals surface area contributed by atoms with Gasteiger partial charge in [-0.3, -0.25) is 18.7 Å². The number of carbonyl (C=O) groups is 1. The van der Waals surface area contributed by atoms with Crippen molar-refractivity contribution in [3.63, 3.8) is 0 Å². The first-order chi connectivity index (χ1) is 11.1. The molecule has 3 N–H and O–H groups in total. The van der Waals surface area contributed by atoms with E-state index in [0.29, 0.717) is 6.54 Å². The molecule has 0 bridgehead atoms. The Bertz CT molecular complexity index is 891. The molecule has 132 valence electrons. The summed E-state index contributed by atoms with van der Waals surface area (Å²) in [5.74, 6) is -0.119. The molecule has 0 aliphatic heterocycles. The Kier molecular flexibility index (Phi) is 4.66. The number of hydrogen-bond donors (Lipinski definition) is 2. The Balaban J connectivity index is 2.40. The van der Waals surface area contributed by atoms with E-state index in [9.17, 15) is 14.4 Å². The first-order valence-electron chi connectivity index (χ1n) is 7.74. The molecule has 2 aromatic rings. The normalized spacial score (nSPS) is 14.1. The average Bonchev–Trinajstić information content (AvgIpc) is 2.94. The van der Waals surface area contributed by atoms with Gasteiger partial charge in [0, 0.05) is 20.6 Å². The van der Waals surface area contributed by atoms with Crippen LogP contribution in [0.1, 0.15) is 20.8 Å². The number of nitrogens with two attached hydrogens (primary N) is 1. The zero-order valence-electron chi connectivity index (χ0n) is 14.7. The molecule has 1 atom stereocenters. The van der Waals surface area contributed by atoms with Crippen molar-refractivity contribution in [1.29, 1.82) is 0 Å². The lowest BCUT2D eigenvalue weighted by Gasteiger charge is -2.33. The van der Waals surface area contributed by atoms with Crippen LogP contribution in [0.15, 0.2) is 15.9 Å². The topological polar surface area (TPSA) is 117 Å². The quantitative estimate of drug-likeness (QED) is 0.720. The van der Waals surface area contributed by atoms with Crippen LogP contribution in [0.5, 0.6) is 0 Å². The maximum atomic E-state index is 12.4. The van der Waals surface area contributed by atoms with Crippen molar-refractivity contribution in [3.05, 3.63) is 27.2 Å². The van der Waals surface area contributed by atoms with Gasteiger partial charge in [-0.15, -0.1) is 0 Å². The standard InChI is InChI=1S/C15H24N6O3/c1-9(2)15(3,7-16)18-10(22)6-21-8-17-12-11(21)13(23)20(5)14(24)19(12)4/h8-9H,6-7,16H2,1-5H3,(H,18,22). The second-order valence-corrected chi connectivity index (χ2v) is 6.57. The van der Waals surface area contributed by atoms with Crippen LogP contribution in [0.4, 0.5) is 0 Å². The Labute approximate surface area is 139 Å². The molecule has 0 saturated carbocycles. The summed E-state index contributed by atoms with van der Waals surface area (Å²) in [4.78, 5) is 40.8. The fraction of sp³-hybridized carbons (Fsp3) is 0.600. The molecule has 1 unspecified atom stereocenters. The molecule has 2 aromatic heterocycles. The van der Waals surface area contributed by atoms with Gasteiger partial charge in [-0.2, -0.15) is 0 Å². The number of amides is 1. The van der Waals surface area contributed by atoms with Gasteiger partial charge >= 0.3 is 5.69 Å². The summed E-state index contributed by atoms with van der Waals surface area (Å²) in [6, 6.07) is 0. The summed E-state index contributed by atoms with van der Waals surface area (Å²) in [7, 11) is 2.93. The highest BCUT2D eigenvalue weighted by Gasteiger charge is 2.28. The lowest BCUT2D eigenvalue weighted by molar-refractivity contribution is -0.123. The number of aryl methyl sites for hydroxylation is 1. The molecule has 0 aliphatic rings. The van der Waals surface area contributed by atoms with E-state index in [1.807, 2.05) is 20.8 Å². The molecule has 9 nitrogen and oxygen atoms in total. The molecule has 0 radical (unpaired) electrons. The van der Waals surface area contributed by atoms with Gasteiger partial charge in [0.05, 0.1) is 11.9 Å². The number of imidazole rings is 1. The first-order valence-corrected chi connectivity index (χ1v) is 7.74. The minimum absolute atomic E-state index is 0.0771. The number of nitrogens with one attached hydrogen (secondary N) is 1. The number of carbonyl (C=O) groups excluding carboxylic acids is 1. The molecule has 2 heterocycles. The highest BCUT2D eigenvalue weighted by Crippen LogP contribution is 2.15. The van der Waals surface area contributed by atoms with Gasteiger partial charge < -0.3 is 15.6 Å². The predicted octanol–water partition coefficient (Wildman–Crippen LogP) is -1.08. The van der Waals surface area contributed by atoms with Crippen molar-refractivity contribution in [3.8, 4) is 0 Å². The monoisotopic (exact) mass is 336 g/mol. The SMILES string of the molecule is CC(C)C(C)(CN)NC(=O)Cn1cnc2c1c(=O)n(C)c(=O)n2C. The third-order valence-corrected chi connectivity index (χ3v) is 4.65. The van der Waals surface area contributed by atoms with Crippen LogP contribution in [0, 0.1) is 5.92 Å². The highest BCUT2D eigenvalue weighted by molar-refractivity contribution is 5.79. The highest BCUT2D eigenvalue weighted by atomic mass is 16.2. The van der Waals surface area contributed by atoms with Gasteiger partial charge in [0.25, 0.3) is 5.56 Å². The van der Waals surface area contributed by atoms with Gasteiger partial charge in [-0.1, -0.05) is 13.8 Å². The Morgan fingerprint density at radius 3 is 2.50 bits per heavy atom. The first kappa shape index (κ1) is 17.9. The van der Waals surface area contributed by atoms with E-state index >= 15 is 0 Å². The van der Waals surface area contributed by atoms with Crippen LogP contribution in [0.3, 0.4) is 0 Å². The molecule has 0 fully saturated rings. The maximum Gasteiger partial charge on any atom is 0.332 e. The van der Waals surface area contributed by atoms with Crippen LogP contribution in [-0.4, -0.2) is 36.7 Å². The van der Waals surface area contributed by atoms with Gasteiger partial charge in [0.1, 0.15) is 6.54 Å². The van der Waals surface area contributed by atoms with Crippen molar-refractivity contribution in [2.75, 3.05) is 6.54 Å². The van der Waals surface area contributed by atoms with E-state index in [4.69, 9.17) is 5.73 Å². The molecule has 1 amide bonds. The van der Waals surface area contributed by atoms with Crippen LogP contribution in [0.25, 0.3) is 11.2 Å². The molecular formula is C15H24N6O3. The Morgan fingerprint density at radius 1 is 1.33 bits per heavy atom. The second kappa shape index (κ2) is 6.23. The van der Waals surface area contributed by atoms with Crippen LogP contribution < -0.4 is 22.3 Å².